The third-order valence-electron chi connectivity index (χ3n) is 4.00. The molecule has 0 bridgehead atoms. The Morgan fingerprint density at radius 1 is 1.29 bits per heavy atom. The molecule has 1 N–H and O–H groups in total. The van der Waals surface area contributed by atoms with Crippen LogP contribution in [0.2, 0.25) is 0 Å². The third-order valence-corrected chi connectivity index (χ3v) is 4.50. The smallest absolute Gasteiger partial charge is 0.387 e. The van der Waals surface area contributed by atoms with Crippen LogP contribution >= 0.6 is 15.9 Å². The topological polar surface area (TPSA) is 56.1 Å². The Kier molecular flexibility index (Phi) is 6.76. The monoisotopic (exact) mass is 449 g/mol. The van der Waals surface area contributed by atoms with Crippen molar-refractivity contribution in [1.29, 1.82) is 0 Å². The summed E-state index contributed by atoms with van der Waals surface area (Å²) in [7, 11) is 0. The molecule has 1 aromatic heterocycles. The van der Waals surface area contributed by atoms with Gasteiger partial charge in [0.25, 0.3) is 0 Å². The maximum Gasteiger partial charge on any atom is 0.387 e. The number of imidazole rings is 1. The molecule has 8 heteroatoms. The largest absolute Gasteiger partial charge is 0.434 e. The van der Waals surface area contributed by atoms with Gasteiger partial charge < -0.3 is 14.6 Å². The van der Waals surface area contributed by atoms with Crippen molar-refractivity contribution in [2.75, 3.05) is 6.54 Å². The van der Waals surface area contributed by atoms with Crippen LogP contribution in [0.3, 0.4) is 0 Å². The lowest BCUT2D eigenvalue weighted by molar-refractivity contribution is -0.116. The lowest BCUT2D eigenvalue weighted by Gasteiger charge is -2.08. The lowest BCUT2D eigenvalue weighted by atomic mass is 10.2. The van der Waals surface area contributed by atoms with Crippen molar-refractivity contribution in [3.63, 3.8) is 0 Å². The molecule has 3 aromatic rings. The molecule has 0 aliphatic rings. The zero-order valence-corrected chi connectivity index (χ0v) is 16.4. The van der Waals surface area contributed by atoms with E-state index in [4.69, 9.17) is 0 Å². The number of fused-ring (bicyclic) bond motifs is 1. The van der Waals surface area contributed by atoms with Gasteiger partial charge in [-0.1, -0.05) is 28.1 Å². The lowest BCUT2D eigenvalue weighted by Crippen LogP contribution is -2.23. The minimum Gasteiger partial charge on any atom is -0.434 e. The van der Waals surface area contributed by atoms with Gasteiger partial charge in [-0.2, -0.15) is 8.78 Å². The maximum atomic E-state index is 12.5. The van der Waals surface area contributed by atoms with E-state index in [1.165, 1.54) is 18.2 Å². The molecule has 2 aromatic carbocycles. The molecule has 0 fully saturated rings. The Morgan fingerprint density at radius 3 is 2.93 bits per heavy atom. The van der Waals surface area contributed by atoms with E-state index in [0.29, 0.717) is 16.6 Å². The highest BCUT2D eigenvalue weighted by Gasteiger charge is 2.09. The second-order valence-corrected chi connectivity index (χ2v) is 6.88. The minimum atomic E-state index is -2.93. The van der Waals surface area contributed by atoms with E-state index in [-0.39, 0.29) is 11.7 Å². The first-order chi connectivity index (χ1) is 13.5. The Balaban J connectivity index is 1.51. The first-order valence-electron chi connectivity index (χ1n) is 8.63. The molecule has 1 heterocycles. The van der Waals surface area contributed by atoms with E-state index < -0.39 is 6.61 Å². The summed E-state index contributed by atoms with van der Waals surface area (Å²) in [5.41, 5.74) is 2.37. The third kappa shape index (κ3) is 5.39. The molecule has 28 heavy (non-hydrogen) atoms. The van der Waals surface area contributed by atoms with E-state index in [2.05, 4.69) is 31.0 Å². The molecule has 0 saturated carbocycles. The van der Waals surface area contributed by atoms with Gasteiger partial charge in [0.1, 0.15) is 5.75 Å². The fourth-order valence-corrected chi connectivity index (χ4v) is 3.11. The number of carbonyl (C=O) groups excluding carboxylic acids is 1. The van der Waals surface area contributed by atoms with Gasteiger partial charge in [0.05, 0.1) is 17.4 Å². The summed E-state index contributed by atoms with van der Waals surface area (Å²) in [4.78, 5) is 16.3. The molecule has 0 atom stereocenters. The van der Waals surface area contributed by atoms with Crippen LogP contribution in [-0.4, -0.2) is 28.6 Å². The number of ether oxygens (including phenoxy) is 1. The SMILES string of the molecule is O=C(/C=C/c1cc(Br)ccc1OC(F)F)NCCCn1cnc2ccccc21. The van der Waals surface area contributed by atoms with Gasteiger partial charge in [0.15, 0.2) is 0 Å². The van der Waals surface area contributed by atoms with Crippen LogP contribution < -0.4 is 10.1 Å². The number of hydrogen-bond acceptors (Lipinski definition) is 3. The Labute approximate surface area is 169 Å². The maximum absolute atomic E-state index is 12.5. The van der Waals surface area contributed by atoms with Crippen LogP contribution in [0, 0.1) is 0 Å². The van der Waals surface area contributed by atoms with E-state index in [0.717, 1.165) is 24.0 Å². The number of alkyl halides is 2. The van der Waals surface area contributed by atoms with Crippen LogP contribution in [0.1, 0.15) is 12.0 Å². The number of carbonyl (C=O) groups is 1. The summed E-state index contributed by atoms with van der Waals surface area (Å²) in [6, 6.07) is 12.5. The molecular weight excluding hydrogens is 432 g/mol. The van der Waals surface area contributed by atoms with Crippen LogP contribution in [0.5, 0.6) is 5.75 Å². The second kappa shape index (κ2) is 9.45. The molecule has 0 aliphatic carbocycles. The van der Waals surface area contributed by atoms with Gasteiger partial charge in [-0.25, -0.2) is 4.98 Å². The highest BCUT2D eigenvalue weighted by atomic mass is 79.9. The number of aromatic nitrogens is 2. The number of aryl methyl sites for hydroxylation is 1. The normalized spacial score (nSPS) is 11.4. The number of nitrogens with zero attached hydrogens (tertiary/aromatic N) is 2. The van der Waals surface area contributed by atoms with Gasteiger partial charge in [-0.3, -0.25) is 4.79 Å². The fourth-order valence-electron chi connectivity index (χ4n) is 2.73. The van der Waals surface area contributed by atoms with Crippen molar-refractivity contribution in [2.24, 2.45) is 0 Å². The molecule has 5 nitrogen and oxygen atoms in total. The molecule has 0 radical (unpaired) electrons. The molecule has 1 amide bonds. The average Bonchev–Trinajstić information content (AvgIpc) is 3.08. The molecule has 3 rings (SSSR count). The molecule has 146 valence electrons. The summed E-state index contributed by atoms with van der Waals surface area (Å²) in [5, 5.41) is 2.78. The van der Waals surface area contributed by atoms with Crippen molar-refractivity contribution < 1.29 is 18.3 Å². The molecule has 0 unspecified atom stereocenters. The molecule has 0 spiro atoms. The highest BCUT2D eigenvalue weighted by molar-refractivity contribution is 9.10. The van der Waals surface area contributed by atoms with Crippen LogP contribution in [0.25, 0.3) is 17.1 Å². The molecular formula is C20H18BrF2N3O2. The predicted octanol–water partition coefficient (Wildman–Crippen LogP) is 4.62. The van der Waals surface area contributed by atoms with E-state index >= 15 is 0 Å². The van der Waals surface area contributed by atoms with Crippen molar-refractivity contribution >= 4 is 38.9 Å². The van der Waals surface area contributed by atoms with Crippen molar-refractivity contribution in [1.82, 2.24) is 14.9 Å². The summed E-state index contributed by atoms with van der Waals surface area (Å²) in [5.74, 6) is -0.298. The van der Waals surface area contributed by atoms with E-state index in [1.807, 2.05) is 28.8 Å². The summed E-state index contributed by atoms with van der Waals surface area (Å²) in [6.07, 6.45) is 5.26. The van der Waals surface area contributed by atoms with Crippen LogP contribution in [0.4, 0.5) is 8.78 Å². The number of rotatable bonds is 8. The number of nitrogens with one attached hydrogen (secondary N) is 1. The second-order valence-electron chi connectivity index (χ2n) is 5.97. The fraction of sp³-hybridized carbons (Fsp3) is 0.200. The van der Waals surface area contributed by atoms with Gasteiger partial charge in [-0.15, -0.1) is 0 Å². The van der Waals surface area contributed by atoms with Crippen molar-refractivity contribution in [2.45, 2.75) is 19.6 Å². The Morgan fingerprint density at radius 2 is 2.11 bits per heavy atom. The quantitative estimate of drug-likeness (QED) is 0.403. The molecule has 0 aliphatic heterocycles. The number of amides is 1. The van der Waals surface area contributed by atoms with Crippen molar-refractivity contribution in [3.8, 4) is 5.75 Å². The number of hydrogen-bond donors (Lipinski definition) is 1. The highest BCUT2D eigenvalue weighted by Crippen LogP contribution is 2.26. The number of para-hydroxylation sites is 2. The zero-order chi connectivity index (χ0) is 19.9. The Bertz CT molecular complexity index is 988. The number of benzene rings is 2. The van der Waals surface area contributed by atoms with E-state index in [1.54, 1.807) is 18.5 Å². The van der Waals surface area contributed by atoms with Crippen LogP contribution in [0.15, 0.2) is 59.3 Å². The van der Waals surface area contributed by atoms with Gasteiger partial charge >= 0.3 is 6.61 Å². The van der Waals surface area contributed by atoms with Crippen LogP contribution in [-0.2, 0) is 11.3 Å². The average molecular weight is 450 g/mol. The molecule has 0 saturated heterocycles. The van der Waals surface area contributed by atoms with Crippen molar-refractivity contribution in [3.05, 3.63) is 64.9 Å². The first kappa shape index (κ1) is 20.0. The summed E-state index contributed by atoms with van der Waals surface area (Å²) >= 11 is 3.27. The first-order valence-corrected chi connectivity index (χ1v) is 9.42. The summed E-state index contributed by atoms with van der Waals surface area (Å²) in [6.45, 7) is -1.72. The Hall–Kier alpha value is -2.74. The summed E-state index contributed by atoms with van der Waals surface area (Å²) < 4.78 is 32.1. The van der Waals surface area contributed by atoms with Gasteiger partial charge in [0.2, 0.25) is 5.91 Å². The van der Waals surface area contributed by atoms with Gasteiger partial charge in [0, 0.05) is 29.2 Å². The standard InChI is InChI=1S/C20H18BrF2N3O2/c21-15-7-8-18(28-20(22)23)14(12-15)6-9-19(27)24-10-3-11-26-13-25-16-4-1-2-5-17(16)26/h1-2,4-9,12-13,20H,3,10-11H2,(H,24,27)/b9-6+. The van der Waals surface area contributed by atoms with Gasteiger partial charge in [-0.05, 0) is 42.8 Å². The number of halogens is 3. The zero-order valence-electron chi connectivity index (χ0n) is 14.8. The predicted molar refractivity (Wildman–Crippen MR) is 107 cm³/mol. The minimum absolute atomic E-state index is 0.00855. The van der Waals surface area contributed by atoms with E-state index in [9.17, 15) is 13.6 Å².